The first-order valence-corrected chi connectivity index (χ1v) is 6.37. The molecule has 4 heteroatoms. The first kappa shape index (κ1) is 15.4. The molecule has 2 N–H and O–H groups in total. The maximum absolute atomic E-state index is 12.7. The number of nitrogens with one attached hydrogen (secondary N) is 1. The van der Waals surface area contributed by atoms with Gasteiger partial charge in [0.25, 0.3) is 0 Å². The lowest BCUT2D eigenvalue weighted by atomic mass is 10.1. The summed E-state index contributed by atoms with van der Waals surface area (Å²) in [7, 11) is 0. The summed E-state index contributed by atoms with van der Waals surface area (Å²) in [6.45, 7) is 4.27. The molecule has 1 atom stereocenters. The van der Waals surface area contributed by atoms with Crippen LogP contribution in [0.1, 0.15) is 25.8 Å². The zero-order valence-corrected chi connectivity index (χ0v) is 11.3. The Bertz CT molecular complexity index is 426. The maximum atomic E-state index is 12.7. The van der Waals surface area contributed by atoms with Crippen LogP contribution in [-0.4, -0.2) is 23.7 Å². The molecule has 0 saturated carbocycles. The van der Waals surface area contributed by atoms with Gasteiger partial charge in [0.15, 0.2) is 0 Å². The Hall–Kier alpha value is -1.68. The number of aliphatic hydroxyl groups is 1. The summed E-state index contributed by atoms with van der Waals surface area (Å²) in [4.78, 5) is 11.5. The van der Waals surface area contributed by atoms with Gasteiger partial charge in [-0.2, -0.15) is 0 Å². The standard InChI is InChI=1S/C15H20FNO2/c1-11(2)9-14(18)10-17-15(19)8-5-12-3-6-13(16)7-4-12/h3-8,11,14,18H,9-10H2,1-2H3,(H,17,19)/b8-5+. The first-order valence-electron chi connectivity index (χ1n) is 6.37. The van der Waals surface area contributed by atoms with Crippen molar-refractivity contribution in [3.8, 4) is 0 Å². The minimum Gasteiger partial charge on any atom is -0.391 e. The molecule has 0 heterocycles. The number of amides is 1. The van der Waals surface area contributed by atoms with Gasteiger partial charge in [0, 0.05) is 12.6 Å². The maximum Gasteiger partial charge on any atom is 0.244 e. The van der Waals surface area contributed by atoms with Crippen LogP contribution in [0.4, 0.5) is 4.39 Å². The number of hydrogen-bond donors (Lipinski definition) is 2. The highest BCUT2D eigenvalue weighted by atomic mass is 19.1. The lowest BCUT2D eigenvalue weighted by Crippen LogP contribution is -2.31. The lowest BCUT2D eigenvalue weighted by molar-refractivity contribution is -0.116. The van der Waals surface area contributed by atoms with E-state index in [1.807, 2.05) is 13.8 Å². The van der Waals surface area contributed by atoms with E-state index in [9.17, 15) is 14.3 Å². The van der Waals surface area contributed by atoms with Gasteiger partial charge < -0.3 is 10.4 Å². The Morgan fingerprint density at radius 1 is 1.37 bits per heavy atom. The summed E-state index contributed by atoms with van der Waals surface area (Å²) in [5, 5.41) is 12.2. The predicted molar refractivity (Wildman–Crippen MR) is 73.9 cm³/mol. The summed E-state index contributed by atoms with van der Waals surface area (Å²) < 4.78 is 12.7. The molecule has 1 unspecified atom stereocenters. The average Bonchev–Trinajstić information content (AvgIpc) is 2.35. The molecule has 0 bridgehead atoms. The van der Waals surface area contributed by atoms with E-state index in [0.29, 0.717) is 12.3 Å². The number of rotatable bonds is 6. The fourth-order valence-electron chi connectivity index (χ4n) is 1.65. The number of halogens is 1. The van der Waals surface area contributed by atoms with Gasteiger partial charge in [0.1, 0.15) is 5.82 Å². The molecule has 104 valence electrons. The van der Waals surface area contributed by atoms with Crippen molar-refractivity contribution >= 4 is 12.0 Å². The number of carbonyl (C=O) groups excluding carboxylic acids is 1. The van der Waals surface area contributed by atoms with E-state index in [2.05, 4.69) is 5.32 Å². The third kappa shape index (κ3) is 6.72. The van der Waals surface area contributed by atoms with Gasteiger partial charge in [-0.25, -0.2) is 4.39 Å². The molecule has 0 fully saturated rings. The van der Waals surface area contributed by atoms with Crippen molar-refractivity contribution in [3.63, 3.8) is 0 Å². The number of benzene rings is 1. The molecule has 0 aromatic heterocycles. The van der Waals surface area contributed by atoms with Crippen LogP contribution in [0.5, 0.6) is 0 Å². The Balaban J connectivity index is 2.36. The normalized spacial score (nSPS) is 12.9. The highest BCUT2D eigenvalue weighted by molar-refractivity contribution is 5.91. The van der Waals surface area contributed by atoms with E-state index < -0.39 is 6.10 Å². The summed E-state index contributed by atoms with van der Waals surface area (Å²) in [5.41, 5.74) is 0.749. The Labute approximate surface area is 113 Å². The third-order valence-electron chi connectivity index (χ3n) is 2.55. The summed E-state index contributed by atoms with van der Waals surface area (Å²) in [6, 6.07) is 5.85. The van der Waals surface area contributed by atoms with Gasteiger partial charge in [-0.1, -0.05) is 26.0 Å². The predicted octanol–water partition coefficient (Wildman–Crippen LogP) is 2.36. The minimum absolute atomic E-state index is 0.241. The van der Waals surface area contributed by atoms with Crippen molar-refractivity contribution < 1.29 is 14.3 Å². The second-order valence-electron chi connectivity index (χ2n) is 4.91. The Morgan fingerprint density at radius 3 is 2.58 bits per heavy atom. The molecule has 0 saturated heterocycles. The van der Waals surface area contributed by atoms with Gasteiger partial charge in [-0.15, -0.1) is 0 Å². The van der Waals surface area contributed by atoms with Crippen molar-refractivity contribution in [2.24, 2.45) is 5.92 Å². The molecule has 1 amide bonds. The second kappa shape index (κ2) is 7.69. The van der Waals surface area contributed by atoms with Crippen molar-refractivity contribution in [1.29, 1.82) is 0 Å². The molecule has 0 aliphatic heterocycles. The summed E-state index contributed by atoms with van der Waals surface area (Å²) >= 11 is 0. The van der Waals surface area contributed by atoms with E-state index in [4.69, 9.17) is 0 Å². The topological polar surface area (TPSA) is 49.3 Å². The molecule has 0 radical (unpaired) electrons. The SMILES string of the molecule is CC(C)CC(O)CNC(=O)/C=C/c1ccc(F)cc1. The van der Waals surface area contributed by atoms with Gasteiger partial charge in [0.2, 0.25) is 5.91 Å². The van der Waals surface area contributed by atoms with Gasteiger partial charge in [-0.05, 0) is 36.1 Å². The summed E-state index contributed by atoms with van der Waals surface area (Å²) in [5.74, 6) is -0.188. The monoisotopic (exact) mass is 265 g/mol. The molecule has 1 aromatic rings. The third-order valence-corrected chi connectivity index (χ3v) is 2.55. The van der Waals surface area contributed by atoms with Crippen LogP contribution in [0.15, 0.2) is 30.3 Å². The zero-order valence-electron chi connectivity index (χ0n) is 11.3. The van der Waals surface area contributed by atoms with E-state index in [0.717, 1.165) is 5.56 Å². The molecule has 0 spiro atoms. The van der Waals surface area contributed by atoms with Crippen LogP contribution in [0, 0.1) is 11.7 Å². The van der Waals surface area contributed by atoms with Crippen molar-refractivity contribution in [2.75, 3.05) is 6.54 Å². The van der Waals surface area contributed by atoms with Crippen molar-refractivity contribution in [3.05, 3.63) is 41.7 Å². The smallest absolute Gasteiger partial charge is 0.244 e. The second-order valence-corrected chi connectivity index (χ2v) is 4.91. The molecular weight excluding hydrogens is 245 g/mol. The van der Waals surface area contributed by atoms with Gasteiger partial charge in [0.05, 0.1) is 6.10 Å². The average molecular weight is 265 g/mol. The molecule has 3 nitrogen and oxygen atoms in total. The number of hydrogen-bond acceptors (Lipinski definition) is 2. The zero-order chi connectivity index (χ0) is 14.3. The van der Waals surface area contributed by atoms with Crippen LogP contribution in [0.2, 0.25) is 0 Å². The molecule has 1 rings (SSSR count). The largest absolute Gasteiger partial charge is 0.391 e. The van der Waals surface area contributed by atoms with E-state index in [1.165, 1.54) is 18.2 Å². The van der Waals surface area contributed by atoms with Crippen LogP contribution in [-0.2, 0) is 4.79 Å². The van der Waals surface area contributed by atoms with Crippen LogP contribution in [0.25, 0.3) is 6.08 Å². The van der Waals surface area contributed by atoms with Gasteiger partial charge in [-0.3, -0.25) is 4.79 Å². The molecular formula is C15H20FNO2. The fourth-order valence-corrected chi connectivity index (χ4v) is 1.65. The quantitative estimate of drug-likeness (QED) is 0.776. The molecule has 0 aliphatic carbocycles. The van der Waals surface area contributed by atoms with Crippen LogP contribution in [0.3, 0.4) is 0 Å². The molecule has 19 heavy (non-hydrogen) atoms. The van der Waals surface area contributed by atoms with Gasteiger partial charge >= 0.3 is 0 Å². The number of carbonyl (C=O) groups is 1. The first-order chi connectivity index (χ1) is 8.97. The highest BCUT2D eigenvalue weighted by Crippen LogP contribution is 2.05. The summed E-state index contributed by atoms with van der Waals surface area (Å²) in [6.07, 6.45) is 3.10. The van der Waals surface area contributed by atoms with Crippen molar-refractivity contribution in [1.82, 2.24) is 5.32 Å². The minimum atomic E-state index is -0.525. The van der Waals surface area contributed by atoms with E-state index >= 15 is 0 Å². The van der Waals surface area contributed by atoms with E-state index in [-0.39, 0.29) is 18.3 Å². The molecule has 0 aliphatic rings. The fraction of sp³-hybridized carbons (Fsp3) is 0.400. The van der Waals surface area contributed by atoms with E-state index in [1.54, 1.807) is 18.2 Å². The number of aliphatic hydroxyl groups excluding tert-OH is 1. The molecule has 1 aromatic carbocycles. The lowest BCUT2D eigenvalue weighted by Gasteiger charge is -2.12. The van der Waals surface area contributed by atoms with Crippen LogP contribution >= 0.6 is 0 Å². The highest BCUT2D eigenvalue weighted by Gasteiger charge is 2.07. The Morgan fingerprint density at radius 2 is 2.00 bits per heavy atom. The van der Waals surface area contributed by atoms with Crippen molar-refractivity contribution in [2.45, 2.75) is 26.4 Å². The van der Waals surface area contributed by atoms with Crippen LogP contribution < -0.4 is 5.32 Å². The Kier molecular flexibility index (Phi) is 6.22.